The summed E-state index contributed by atoms with van der Waals surface area (Å²) in [4.78, 5) is 14.4. The second kappa shape index (κ2) is 9.35. The highest BCUT2D eigenvalue weighted by atomic mass is 16.5. The van der Waals surface area contributed by atoms with Gasteiger partial charge in [-0.2, -0.15) is 0 Å². The molecule has 4 nitrogen and oxygen atoms in total. The molecule has 0 saturated heterocycles. The number of hydrogen-bond donors (Lipinski definition) is 1. The van der Waals surface area contributed by atoms with Gasteiger partial charge in [0.2, 0.25) is 0 Å². The van der Waals surface area contributed by atoms with Gasteiger partial charge in [0.1, 0.15) is 5.54 Å². The molecule has 0 aliphatic rings. The lowest BCUT2D eigenvalue weighted by Crippen LogP contribution is -2.53. The lowest BCUT2D eigenvalue weighted by molar-refractivity contribution is -0.148. The molecule has 0 bridgehead atoms. The summed E-state index contributed by atoms with van der Waals surface area (Å²) >= 11 is 0. The first-order valence-electron chi connectivity index (χ1n) is 7.87. The Bertz CT molecular complexity index is 278. The second-order valence-electron chi connectivity index (χ2n) is 6.18. The van der Waals surface area contributed by atoms with Crippen LogP contribution in [0.2, 0.25) is 0 Å². The molecule has 0 aliphatic heterocycles. The monoisotopic (exact) mass is 286 g/mol. The van der Waals surface area contributed by atoms with Gasteiger partial charge in [-0.3, -0.25) is 10.1 Å². The fourth-order valence-corrected chi connectivity index (χ4v) is 2.87. The van der Waals surface area contributed by atoms with E-state index in [1.165, 1.54) is 20.0 Å². The Morgan fingerprint density at radius 2 is 1.85 bits per heavy atom. The fourth-order valence-electron chi connectivity index (χ4n) is 2.87. The number of methoxy groups -OCH3 is 1. The van der Waals surface area contributed by atoms with Gasteiger partial charge in [0.15, 0.2) is 0 Å². The highest BCUT2D eigenvalue weighted by Crippen LogP contribution is 2.17. The number of carbonyl (C=O) groups excluding carboxylic acids is 1. The Kier molecular flexibility index (Phi) is 9.06. The zero-order valence-electron chi connectivity index (χ0n) is 14.5. The van der Waals surface area contributed by atoms with Crippen LogP contribution >= 0.6 is 0 Å². The second-order valence-corrected chi connectivity index (χ2v) is 6.18. The van der Waals surface area contributed by atoms with Crippen molar-refractivity contribution in [2.45, 2.75) is 77.9 Å². The van der Waals surface area contributed by atoms with Crippen molar-refractivity contribution in [3.05, 3.63) is 0 Å². The van der Waals surface area contributed by atoms with Gasteiger partial charge in [0.05, 0.1) is 7.11 Å². The maximum atomic E-state index is 12.0. The molecule has 0 heterocycles. The van der Waals surface area contributed by atoms with E-state index >= 15 is 0 Å². The maximum absolute atomic E-state index is 12.0. The summed E-state index contributed by atoms with van der Waals surface area (Å²) < 4.78 is 4.95. The Balaban J connectivity index is 4.44. The molecule has 0 fully saturated rings. The van der Waals surface area contributed by atoms with Gasteiger partial charge in [-0.15, -0.1) is 0 Å². The molecule has 0 aliphatic carbocycles. The maximum Gasteiger partial charge on any atom is 0.325 e. The van der Waals surface area contributed by atoms with Crippen molar-refractivity contribution in [1.82, 2.24) is 10.2 Å². The van der Waals surface area contributed by atoms with Gasteiger partial charge in [0.25, 0.3) is 0 Å². The highest BCUT2D eigenvalue weighted by molar-refractivity contribution is 5.80. The van der Waals surface area contributed by atoms with Gasteiger partial charge in [-0.25, -0.2) is 0 Å². The van der Waals surface area contributed by atoms with Crippen molar-refractivity contribution in [3.8, 4) is 0 Å². The first kappa shape index (κ1) is 19.4. The normalized spacial score (nSPS) is 14.9. The summed E-state index contributed by atoms with van der Waals surface area (Å²) in [6, 6.07) is 0.897. The largest absolute Gasteiger partial charge is 0.468 e. The Morgan fingerprint density at radius 1 is 1.30 bits per heavy atom. The molecule has 4 heteroatoms. The first-order valence-corrected chi connectivity index (χ1v) is 7.87. The van der Waals surface area contributed by atoms with Crippen molar-refractivity contribution < 1.29 is 9.53 Å². The molecule has 0 rings (SSSR count). The molecule has 120 valence electrons. The first-order chi connectivity index (χ1) is 9.30. The Hall–Kier alpha value is -0.610. The summed E-state index contributed by atoms with van der Waals surface area (Å²) in [5.41, 5.74) is -0.586. The Labute approximate surface area is 125 Å². The molecule has 0 aromatic rings. The zero-order chi connectivity index (χ0) is 15.8. The predicted octanol–water partition coefficient (Wildman–Crippen LogP) is 2.82. The third kappa shape index (κ3) is 6.23. The van der Waals surface area contributed by atoms with Gasteiger partial charge >= 0.3 is 5.97 Å². The fraction of sp³-hybridized carbons (Fsp3) is 0.938. The molecule has 0 aromatic heterocycles. The molecular weight excluding hydrogens is 252 g/mol. The summed E-state index contributed by atoms with van der Waals surface area (Å²) in [5.74, 6) is -0.170. The number of rotatable bonds is 10. The van der Waals surface area contributed by atoms with E-state index in [0.717, 1.165) is 19.4 Å². The van der Waals surface area contributed by atoms with Gasteiger partial charge in [-0.05, 0) is 60.0 Å². The van der Waals surface area contributed by atoms with Crippen LogP contribution in [0.25, 0.3) is 0 Å². The lowest BCUT2D eigenvalue weighted by Gasteiger charge is -2.32. The number of carbonyl (C=O) groups is 1. The molecule has 0 spiro atoms. The van der Waals surface area contributed by atoms with Gasteiger partial charge in [-0.1, -0.05) is 13.8 Å². The van der Waals surface area contributed by atoms with Crippen LogP contribution in [0.5, 0.6) is 0 Å². The molecule has 1 N–H and O–H groups in total. The van der Waals surface area contributed by atoms with Crippen molar-refractivity contribution in [3.63, 3.8) is 0 Å². The predicted molar refractivity (Wildman–Crippen MR) is 84.9 cm³/mol. The molecule has 1 atom stereocenters. The third-order valence-corrected chi connectivity index (χ3v) is 4.00. The van der Waals surface area contributed by atoms with E-state index in [4.69, 9.17) is 4.74 Å². The van der Waals surface area contributed by atoms with Crippen LogP contribution in [0.4, 0.5) is 0 Å². The van der Waals surface area contributed by atoms with E-state index in [2.05, 4.69) is 45.0 Å². The molecule has 0 radical (unpaired) electrons. The highest BCUT2D eigenvalue weighted by Gasteiger charge is 2.34. The summed E-state index contributed by atoms with van der Waals surface area (Å²) in [6.07, 6.45) is 4.12. The number of esters is 1. The molecule has 20 heavy (non-hydrogen) atoms. The molecule has 0 amide bonds. The van der Waals surface area contributed by atoms with Crippen LogP contribution in [-0.4, -0.2) is 49.2 Å². The summed E-state index contributed by atoms with van der Waals surface area (Å²) in [7, 11) is 3.63. The van der Waals surface area contributed by atoms with Crippen LogP contribution < -0.4 is 5.32 Å². The van der Waals surface area contributed by atoms with E-state index in [1.807, 2.05) is 6.92 Å². The zero-order valence-corrected chi connectivity index (χ0v) is 14.5. The van der Waals surface area contributed by atoms with E-state index in [0.29, 0.717) is 6.04 Å². The van der Waals surface area contributed by atoms with E-state index in [1.54, 1.807) is 0 Å². The van der Waals surface area contributed by atoms with Crippen molar-refractivity contribution >= 4 is 5.97 Å². The molecular formula is C16H34N2O2. The minimum Gasteiger partial charge on any atom is -0.468 e. The van der Waals surface area contributed by atoms with Crippen molar-refractivity contribution in [1.29, 1.82) is 0 Å². The number of nitrogens with zero attached hydrogens (tertiary/aromatic N) is 1. The summed E-state index contributed by atoms with van der Waals surface area (Å²) in [6.45, 7) is 11.5. The van der Waals surface area contributed by atoms with E-state index in [-0.39, 0.29) is 12.0 Å². The van der Waals surface area contributed by atoms with Gasteiger partial charge < -0.3 is 9.64 Å². The number of ether oxygens (including phenoxy) is 1. The van der Waals surface area contributed by atoms with Crippen LogP contribution in [0, 0.1) is 0 Å². The quantitative estimate of drug-likeness (QED) is 0.627. The topological polar surface area (TPSA) is 41.6 Å². The van der Waals surface area contributed by atoms with Crippen LogP contribution in [0.1, 0.15) is 60.3 Å². The average Bonchev–Trinajstić information content (AvgIpc) is 2.38. The minimum absolute atomic E-state index is 0.170. The average molecular weight is 286 g/mol. The standard InChI is InChI=1S/C16H34N2O2/c1-8-14(9-2)18(6)12-10-11-16(5,15(19)20-7)17-13(3)4/h13-14,17H,8-12H2,1-7H3. The third-order valence-electron chi connectivity index (χ3n) is 4.00. The van der Waals surface area contributed by atoms with Crippen LogP contribution in [-0.2, 0) is 9.53 Å². The Morgan fingerprint density at radius 3 is 2.25 bits per heavy atom. The number of hydrogen-bond acceptors (Lipinski definition) is 4. The molecule has 0 aromatic carbocycles. The molecule has 0 saturated carbocycles. The van der Waals surface area contributed by atoms with Crippen LogP contribution in [0.15, 0.2) is 0 Å². The summed E-state index contributed by atoms with van der Waals surface area (Å²) in [5, 5.41) is 3.34. The van der Waals surface area contributed by atoms with Gasteiger partial charge in [0, 0.05) is 12.1 Å². The minimum atomic E-state index is -0.586. The SMILES string of the molecule is CCC(CC)N(C)CCCC(C)(NC(C)C)C(=O)OC. The molecule has 1 unspecified atom stereocenters. The van der Waals surface area contributed by atoms with Crippen molar-refractivity contribution in [2.24, 2.45) is 0 Å². The lowest BCUT2D eigenvalue weighted by atomic mass is 9.94. The van der Waals surface area contributed by atoms with Crippen LogP contribution in [0.3, 0.4) is 0 Å². The number of nitrogens with one attached hydrogen (secondary N) is 1. The smallest absolute Gasteiger partial charge is 0.325 e. The van der Waals surface area contributed by atoms with Crippen molar-refractivity contribution in [2.75, 3.05) is 20.7 Å². The van der Waals surface area contributed by atoms with E-state index in [9.17, 15) is 4.79 Å². The van der Waals surface area contributed by atoms with E-state index < -0.39 is 5.54 Å².